The lowest BCUT2D eigenvalue weighted by molar-refractivity contribution is -0.136. The zero-order chi connectivity index (χ0) is 12.1. The maximum Gasteiger partial charge on any atom is 0.304 e. The Bertz CT molecular complexity index is 354. The first-order chi connectivity index (χ1) is 7.52. The lowest BCUT2D eigenvalue weighted by Gasteiger charge is -2.08. The third-order valence-corrected chi connectivity index (χ3v) is 4.44. The van der Waals surface area contributed by atoms with Gasteiger partial charge in [-0.2, -0.15) is 0 Å². The SMILES string of the molecule is CCC(CC(=O)O)Sc1nnc(N(C)C)s1. The van der Waals surface area contributed by atoms with Crippen LogP contribution in [0.3, 0.4) is 0 Å². The third-order valence-electron chi connectivity index (χ3n) is 1.90. The van der Waals surface area contributed by atoms with Gasteiger partial charge in [-0.05, 0) is 6.42 Å². The van der Waals surface area contributed by atoms with Gasteiger partial charge in [0.05, 0.1) is 6.42 Å². The summed E-state index contributed by atoms with van der Waals surface area (Å²) < 4.78 is 0.830. The maximum absolute atomic E-state index is 10.6. The summed E-state index contributed by atoms with van der Waals surface area (Å²) in [5.41, 5.74) is 0. The average molecular weight is 261 g/mol. The van der Waals surface area contributed by atoms with Crippen LogP contribution in [-0.4, -0.2) is 40.6 Å². The molecule has 1 atom stereocenters. The monoisotopic (exact) mass is 261 g/mol. The van der Waals surface area contributed by atoms with E-state index in [2.05, 4.69) is 10.2 Å². The van der Waals surface area contributed by atoms with E-state index in [1.807, 2.05) is 25.9 Å². The van der Waals surface area contributed by atoms with Gasteiger partial charge in [-0.3, -0.25) is 4.79 Å². The molecule has 0 fully saturated rings. The van der Waals surface area contributed by atoms with Gasteiger partial charge < -0.3 is 10.0 Å². The molecule has 1 aromatic rings. The Kier molecular flexibility index (Phi) is 5.01. The fraction of sp³-hybridized carbons (Fsp3) is 0.667. The number of anilines is 1. The van der Waals surface area contributed by atoms with Gasteiger partial charge in [0.15, 0.2) is 4.34 Å². The highest BCUT2D eigenvalue weighted by Gasteiger charge is 2.15. The zero-order valence-electron chi connectivity index (χ0n) is 9.51. The molecule has 7 heteroatoms. The number of hydrogen-bond acceptors (Lipinski definition) is 6. The number of aliphatic carboxylic acids is 1. The first-order valence-corrected chi connectivity index (χ1v) is 6.61. The number of rotatable bonds is 6. The predicted octanol–water partition coefficient (Wildman–Crippen LogP) is 1.95. The quantitative estimate of drug-likeness (QED) is 0.790. The molecule has 16 heavy (non-hydrogen) atoms. The molecule has 0 saturated carbocycles. The normalized spacial score (nSPS) is 12.4. The second kappa shape index (κ2) is 6.05. The van der Waals surface area contributed by atoms with E-state index in [1.54, 1.807) is 0 Å². The van der Waals surface area contributed by atoms with Gasteiger partial charge >= 0.3 is 5.97 Å². The largest absolute Gasteiger partial charge is 0.481 e. The van der Waals surface area contributed by atoms with E-state index in [1.165, 1.54) is 23.1 Å². The summed E-state index contributed by atoms with van der Waals surface area (Å²) in [4.78, 5) is 12.5. The van der Waals surface area contributed by atoms with Crippen LogP contribution in [0.15, 0.2) is 4.34 Å². The van der Waals surface area contributed by atoms with Crippen molar-refractivity contribution in [3.05, 3.63) is 0 Å². The summed E-state index contributed by atoms with van der Waals surface area (Å²) in [5.74, 6) is -0.767. The molecule has 0 spiro atoms. The second-order valence-corrected chi connectivity index (χ2v) is 5.99. The molecule has 1 N–H and O–H groups in total. The molecule has 0 bridgehead atoms. The Morgan fingerprint density at radius 3 is 2.69 bits per heavy atom. The van der Waals surface area contributed by atoms with Gasteiger partial charge in [0.2, 0.25) is 5.13 Å². The molecule has 1 aromatic heterocycles. The maximum atomic E-state index is 10.6. The van der Waals surface area contributed by atoms with Gasteiger partial charge in [-0.25, -0.2) is 0 Å². The highest BCUT2D eigenvalue weighted by molar-refractivity contribution is 8.01. The van der Waals surface area contributed by atoms with Crippen LogP contribution in [0.2, 0.25) is 0 Å². The predicted molar refractivity (Wildman–Crippen MR) is 66.4 cm³/mol. The lowest BCUT2D eigenvalue weighted by atomic mass is 10.2. The molecule has 0 amide bonds. The van der Waals surface area contributed by atoms with Crippen molar-refractivity contribution in [1.29, 1.82) is 0 Å². The summed E-state index contributed by atoms with van der Waals surface area (Å²) in [6.45, 7) is 1.98. The van der Waals surface area contributed by atoms with Crippen LogP contribution >= 0.6 is 23.1 Å². The topological polar surface area (TPSA) is 66.3 Å². The highest BCUT2D eigenvalue weighted by Crippen LogP contribution is 2.32. The molecular weight excluding hydrogens is 246 g/mol. The Hall–Kier alpha value is -0.820. The zero-order valence-corrected chi connectivity index (χ0v) is 11.1. The summed E-state index contributed by atoms with van der Waals surface area (Å²) in [5, 5.41) is 17.7. The van der Waals surface area contributed by atoms with Gasteiger partial charge in [-0.1, -0.05) is 30.0 Å². The van der Waals surface area contributed by atoms with E-state index in [9.17, 15) is 4.79 Å². The number of carboxylic acid groups (broad SMARTS) is 1. The van der Waals surface area contributed by atoms with Crippen molar-refractivity contribution >= 4 is 34.2 Å². The van der Waals surface area contributed by atoms with Crippen LogP contribution < -0.4 is 4.90 Å². The van der Waals surface area contributed by atoms with Crippen LogP contribution in [0.25, 0.3) is 0 Å². The fourth-order valence-corrected chi connectivity index (χ4v) is 3.13. The minimum atomic E-state index is -0.767. The third kappa shape index (κ3) is 3.97. The van der Waals surface area contributed by atoms with Crippen molar-refractivity contribution in [3.63, 3.8) is 0 Å². The Morgan fingerprint density at radius 1 is 1.56 bits per heavy atom. The van der Waals surface area contributed by atoms with E-state index in [4.69, 9.17) is 5.11 Å². The molecule has 0 aromatic carbocycles. The minimum Gasteiger partial charge on any atom is -0.481 e. The standard InChI is InChI=1S/C9H15N3O2S2/c1-4-6(5-7(13)14)15-9-11-10-8(16-9)12(2)3/h6H,4-5H2,1-3H3,(H,13,14). The van der Waals surface area contributed by atoms with Crippen molar-refractivity contribution < 1.29 is 9.90 Å². The average Bonchev–Trinajstić information content (AvgIpc) is 2.64. The first-order valence-electron chi connectivity index (χ1n) is 4.92. The lowest BCUT2D eigenvalue weighted by Crippen LogP contribution is -2.08. The number of thioether (sulfide) groups is 1. The summed E-state index contributed by atoms with van der Waals surface area (Å²) >= 11 is 2.98. The van der Waals surface area contributed by atoms with E-state index in [0.717, 1.165) is 15.9 Å². The van der Waals surface area contributed by atoms with E-state index < -0.39 is 5.97 Å². The highest BCUT2D eigenvalue weighted by atomic mass is 32.2. The van der Waals surface area contributed by atoms with Crippen molar-refractivity contribution in [2.75, 3.05) is 19.0 Å². The number of carboxylic acids is 1. The molecule has 1 unspecified atom stereocenters. The molecule has 1 heterocycles. The van der Waals surface area contributed by atoms with Crippen molar-refractivity contribution in [2.45, 2.75) is 29.4 Å². The van der Waals surface area contributed by atoms with Crippen molar-refractivity contribution in [2.24, 2.45) is 0 Å². The Balaban J connectivity index is 2.59. The van der Waals surface area contributed by atoms with Gasteiger partial charge in [0.25, 0.3) is 0 Å². The number of hydrogen-bond donors (Lipinski definition) is 1. The van der Waals surface area contributed by atoms with Crippen LogP contribution in [-0.2, 0) is 4.79 Å². The number of nitrogens with zero attached hydrogens (tertiary/aromatic N) is 3. The molecule has 0 aliphatic rings. The molecule has 0 aliphatic carbocycles. The molecule has 0 radical (unpaired) electrons. The summed E-state index contributed by atoms with van der Waals surface area (Å²) in [6, 6.07) is 0. The molecule has 90 valence electrons. The van der Waals surface area contributed by atoms with E-state index in [-0.39, 0.29) is 11.7 Å². The molecule has 0 saturated heterocycles. The smallest absolute Gasteiger partial charge is 0.304 e. The second-order valence-electron chi connectivity index (χ2n) is 3.49. The van der Waals surface area contributed by atoms with Crippen LogP contribution in [0.4, 0.5) is 5.13 Å². The van der Waals surface area contributed by atoms with Crippen LogP contribution in [0.5, 0.6) is 0 Å². The molecule has 5 nitrogen and oxygen atoms in total. The Labute approximate surface area is 103 Å². The fourth-order valence-electron chi connectivity index (χ4n) is 1.04. The van der Waals surface area contributed by atoms with Crippen LogP contribution in [0, 0.1) is 0 Å². The minimum absolute atomic E-state index is 0.0699. The van der Waals surface area contributed by atoms with Gasteiger partial charge in [-0.15, -0.1) is 10.2 Å². The number of carbonyl (C=O) groups is 1. The van der Waals surface area contributed by atoms with E-state index in [0.29, 0.717) is 0 Å². The van der Waals surface area contributed by atoms with Gasteiger partial charge in [0, 0.05) is 19.3 Å². The van der Waals surface area contributed by atoms with Crippen molar-refractivity contribution in [3.8, 4) is 0 Å². The first kappa shape index (κ1) is 13.2. The number of aromatic nitrogens is 2. The van der Waals surface area contributed by atoms with Crippen molar-refractivity contribution in [1.82, 2.24) is 10.2 Å². The molecular formula is C9H15N3O2S2. The van der Waals surface area contributed by atoms with E-state index >= 15 is 0 Å². The molecule has 0 aliphatic heterocycles. The summed E-state index contributed by atoms with van der Waals surface area (Å²) in [7, 11) is 3.81. The summed E-state index contributed by atoms with van der Waals surface area (Å²) in [6.07, 6.45) is 0.978. The van der Waals surface area contributed by atoms with Gasteiger partial charge in [0.1, 0.15) is 0 Å². The molecule has 1 rings (SSSR count). The Morgan fingerprint density at radius 2 is 2.25 bits per heavy atom. The van der Waals surface area contributed by atoms with Crippen LogP contribution in [0.1, 0.15) is 19.8 Å².